The minimum Gasteiger partial charge on any atom is -0.390 e. The van der Waals surface area contributed by atoms with Crippen LogP contribution in [0.1, 0.15) is 6.42 Å². The van der Waals surface area contributed by atoms with Crippen molar-refractivity contribution in [1.82, 2.24) is 10.2 Å². The molecule has 8 heteroatoms. The highest BCUT2D eigenvalue weighted by molar-refractivity contribution is 5.22. The first-order valence-corrected chi connectivity index (χ1v) is 3.37. The van der Waals surface area contributed by atoms with Crippen LogP contribution >= 0.6 is 0 Å². The maximum atomic E-state index is 11.6. The predicted octanol–water partition coefficient (Wildman–Crippen LogP) is 1.02. The van der Waals surface area contributed by atoms with Gasteiger partial charge in [-0.25, -0.2) is 0 Å². The van der Waals surface area contributed by atoms with E-state index >= 15 is 0 Å². The third-order valence-electron chi connectivity index (χ3n) is 1.13. The lowest BCUT2D eigenvalue weighted by Crippen LogP contribution is -2.14. The van der Waals surface area contributed by atoms with E-state index in [1.54, 1.807) is 0 Å². The van der Waals surface area contributed by atoms with Crippen LogP contribution in [0.15, 0.2) is 4.42 Å². The Hall–Kier alpha value is -1.47. The van der Waals surface area contributed by atoms with Crippen LogP contribution in [-0.2, 0) is 0 Å². The smallest absolute Gasteiger partial charge is 0.390 e. The van der Waals surface area contributed by atoms with Crippen molar-refractivity contribution < 1.29 is 17.6 Å². The Balaban J connectivity index is 2.28. The molecule has 0 amide bonds. The number of anilines is 2. The molecule has 0 saturated heterocycles. The van der Waals surface area contributed by atoms with Gasteiger partial charge in [0.1, 0.15) is 0 Å². The summed E-state index contributed by atoms with van der Waals surface area (Å²) in [5.41, 5.74) is 5.03. The lowest BCUT2D eigenvalue weighted by Gasteiger charge is -2.04. The number of hydrogen-bond acceptors (Lipinski definition) is 5. The third kappa shape index (κ3) is 3.63. The molecule has 0 bridgehead atoms. The predicted molar refractivity (Wildman–Crippen MR) is 37.9 cm³/mol. The van der Waals surface area contributed by atoms with Gasteiger partial charge in [-0.1, -0.05) is 10.2 Å². The number of halogens is 3. The standard InChI is InChI=1S/C5H7F3N4O/c6-5(7,8)1-2-10-4-12-11-3(9)13-4/h1-2H2,(H2,9,11)(H,10,12). The van der Waals surface area contributed by atoms with Crippen LogP contribution in [0.4, 0.5) is 25.2 Å². The molecule has 74 valence electrons. The van der Waals surface area contributed by atoms with E-state index in [0.717, 1.165) is 0 Å². The van der Waals surface area contributed by atoms with Crippen LogP contribution in [0.5, 0.6) is 0 Å². The van der Waals surface area contributed by atoms with Gasteiger partial charge in [-0.2, -0.15) is 13.2 Å². The van der Waals surface area contributed by atoms with Crippen molar-refractivity contribution in [2.75, 3.05) is 17.6 Å². The zero-order chi connectivity index (χ0) is 9.90. The minimum atomic E-state index is -4.20. The zero-order valence-electron chi connectivity index (χ0n) is 6.43. The topological polar surface area (TPSA) is 77.0 Å². The van der Waals surface area contributed by atoms with Crippen molar-refractivity contribution in [3.05, 3.63) is 0 Å². The van der Waals surface area contributed by atoms with Gasteiger partial charge in [0.25, 0.3) is 0 Å². The Labute approximate surface area is 71.1 Å². The van der Waals surface area contributed by atoms with Crippen molar-refractivity contribution in [2.24, 2.45) is 0 Å². The molecule has 0 fully saturated rings. The Bertz CT molecular complexity index is 271. The Kier molecular flexibility index (Phi) is 2.59. The molecule has 1 aromatic heterocycles. The monoisotopic (exact) mass is 196 g/mol. The number of nitrogens with one attached hydrogen (secondary N) is 1. The molecule has 5 nitrogen and oxygen atoms in total. The molecule has 3 N–H and O–H groups in total. The summed E-state index contributed by atoms with van der Waals surface area (Å²) < 4.78 is 39.5. The van der Waals surface area contributed by atoms with Crippen molar-refractivity contribution in [2.45, 2.75) is 12.6 Å². The Morgan fingerprint density at radius 3 is 2.54 bits per heavy atom. The van der Waals surface area contributed by atoms with Gasteiger partial charge in [0.15, 0.2) is 0 Å². The average molecular weight is 196 g/mol. The van der Waals surface area contributed by atoms with E-state index in [0.29, 0.717) is 0 Å². The molecule has 0 radical (unpaired) electrons. The largest absolute Gasteiger partial charge is 0.390 e. The average Bonchev–Trinajstić information content (AvgIpc) is 2.33. The van der Waals surface area contributed by atoms with Gasteiger partial charge in [0.2, 0.25) is 0 Å². The van der Waals surface area contributed by atoms with E-state index in [1.165, 1.54) is 0 Å². The van der Waals surface area contributed by atoms with E-state index in [-0.39, 0.29) is 18.6 Å². The van der Waals surface area contributed by atoms with Gasteiger partial charge in [0, 0.05) is 6.54 Å². The van der Waals surface area contributed by atoms with Crippen molar-refractivity contribution in [1.29, 1.82) is 0 Å². The molecule has 0 saturated carbocycles. The molecule has 0 spiro atoms. The van der Waals surface area contributed by atoms with E-state index in [9.17, 15) is 13.2 Å². The van der Waals surface area contributed by atoms with Crippen LogP contribution in [0.2, 0.25) is 0 Å². The summed E-state index contributed by atoms with van der Waals surface area (Å²) in [5, 5.41) is 8.85. The van der Waals surface area contributed by atoms with E-state index in [4.69, 9.17) is 5.73 Å². The molecule has 0 aliphatic carbocycles. The van der Waals surface area contributed by atoms with Crippen molar-refractivity contribution in [3.8, 4) is 0 Å². The maximum Gasteiger partial charge on any atom is 0.390 e. The fraction of sp³-hybridized carbons (Fsp3) is 0.600. The van der Waals surface area contributed by atoms with E-state index in [1.807, 2.05) is 0 Å². The molecule has 1 aromatic rings. The van der Waals surface area contributed by atoms with Gasteiger partial charge in [-0.3, -0.25) is 0 Å². The van der Waals surface area contributed by atoms with E-state index in [2.05, 4.69) is 19.9 Å². The van der Waals surface area contributed by atoms with Crippen LogP contribution in [0.3, 0.4) is 0 Å². The fourth-order valence-corrected chi connectivity index (χ4v) is 0.617. The number of hydrogen-bond donors (Lipinski definition) is 2. The second kappa shape index (κ2) is 3.50. The number of aromatic nitrogens is 2. The molecular formula is C5H7F3N4O. The summed E-state index contributed by atoms with van der Waals surface area (Å²) in [4.78, 5) is 0. The summed E-state index contributed by atoms with van der Waals surface area (Å²) in [6.07, 6.45) is -5.16. The third-order valence-corrected chi connectivity index (χ3v) is 1.13. The fourth-order valence-electron chi connectivity index (χ4n) is 0.617. The van der Waals surface area contributed by atoms with Crippen LogP contribution < -0.4 is 11.1 Å². The zero-order valence-corrected chi connectivity index (χ0v) is 6.43. The molecule has 13 heavy (non-hydrogen) atoms. The van der Waals surface area contributed by atoms with Gasteiger partial charge < -0.3 is 15.5 Å². The van der Waals surface area contributed by atoms with Crippen LogP contribution in [0.25, 0.3) is 0 Å². The highest BCUT2D eigenvalue weighted by Crippen LogP contribution is 2.19. The summed E-state index contributed by atoms with van der Waals surface area (Å²) in [7, 11) is 0. The number of alkyl halides is 3. The van der Waals surface area contributed by atoms with Crippen LogP contribution in [-0.4, -0.2) is 22.9 Å². The number of nitrogen functional groups attached to an aromatic ring is 1. The highest BCUT2D eigenvalue weighted by atomic mass is 19.4. The lowest BCUT2D eigenvalue weighted by atomic mass is 10.4. The molecule has 0 aromatic carbocycles. The number of nitrogens with two attached hydrogens (primary N) is 1. The highest BCUT2D eigenvalue weighted by Gasteiger charge is 2.26. The second-order valence-corrected chi connectivity index (χ2v) is 2.24. The van der Waals surface area contributed by atoms with Crippen molar-refractivity contribution >= 4 is 12.0 Å². The first-order chi connectivity index (χ1) is 5.97. The summed E-state index contributed by atoms with van der Waals surface area (Å²) >= 11 is 0. The first kappa shape index (κ1) is 9.62. The van der Waals surface area contributed by atoms with Gasteiger partial charge in [0.05, 0.1) is 6.42 Å². The normalized spacial score (nSPS) is 11.6. The number of rotatable bonds is 3. The summed E-state index contributed by atoms with van der Waals surface area (Å²) in [6.45, 7) is -0.314. The summed E-state index contributed by atoms with van der Waals surface area (Å²) in [5.74, 6) is 0. The lowest BCUT2D eigenvalue weighted by molar-refractivity contribution is -0.131. The quantitative estimate of drug-likeness (QED) is 0.754. The molecule has 0 unspecified atom stereocenters. The van der Waals surface area contributed by atoms with E-state index < -0.39 is 12.6 Å². The Morgan fingerprint density at radius 2 is 2.08 bits per heavy atom. The first-order valence-electron chi connectivity index (χ1n) is 3.37. The minimum absolute atomic E-state index is 0.109. The van der Waals surface area contributed by atoms with Crippen molar-refractivity contribution in [3.63, 3.8) is 0 Å². The maximum absolute atomic E-state index is 11.6. The molecular weight excluding hydrogens is 189 g/mol. The summed E-state index contributed by atoms with van der Waals surface area (Å²) in [6, 6.07) is -0.295. The van der Waals surface area contributed by atoms with Gasteiger partial charge in [-0.05, 0) is 0 Å². The van der Waals surface area contributed by atoms with Gasteiger partial charge in [-0.15, -0.1) is 0 Å². The van der Waals surface area contributed by atoms with Gasteiger partial charge >= 0.3 is 18.2 Å². The number of nitrogens with zero attached hydrogens (tertiary/aromatic N) is 2. The Morgan fingerprint density at radius 1 is 1.38 bits per heavy atom. The molecule has 0 aliphatic rings. The molecule has 1 heterocycles. The van der Waals surface area contributed by atoms with Crippen LogP contribution in [0, 0.1) is 0 Å². The molecule has 0 aliphatic heterocycles. The SMILES string of the molecule is Nc1nnc(NCCC(F)(F)F)o1. The molecule has 1 rings (SSSR count). The molecule has 0 atom stereocenters. The second-order valence-electron chi connectivity index (χ2n) is 2.24.